The lowest BCUT2D eigenvalue weighted by molar-refractivity contribution is -0.687. The van der Waals surface area contributed by atoms with Gasteiger partial charge in [0.1, 0.15) is 0 Å². The minimum absolute atomic E-state index is 0.771. The predicted molar refractivity (Wildman–Crippen MR) is 57.0 cm³/mol. The zero-order valence-electron chi connectivity index (χ0n) is 8.65. The largest absolute Gasteiger partial charge is 0.343 e. The highest BCUT2D eigenvalue weighted by molar-refractivity contribution is 5.04. The van der Waals surface area contributed by atoms with Gasteiger partial charge >= 0.3 is 0 Å². The van der Waals surface area contributed by atoms with Gasteiger partial charge in [0.25, 0.3) is 0 Å². The van der Waals surface area contributed by atoms with E-state index in [1.165, 1.54) is 37.9 Å². The van der Waals surface area contributed by atoms with E-state index >= 15 is 0 Å². The molecule has 1 saturated heterocycles. The summed E-state index contributed by atoms with van der Waals surface area (Å²) in [5, 5.41) is 2.50. The molecule has 2 N–H and O–H groups in total. The fourth-order valence-corrected chi connectivity index (χ4v) is 2.17. The summed E-state index contributed by atoms with van der Waals surface area (Å²) in [6.07, 6.45) is 8.59. The van der Waals surface area contributed by atoms with Crippen LogP contribution < -0.4 is 5.32 Å². The van der Waals surface area contributed by atoms with Crippen molar-refractivity contribution in [3.05, 3.63) is 30.1 Å². The highest BCUT2D eigenvalue weighted by atomic mass is 14.9. The van der Waals surface area contributed by atoms with Gasteiger partial charge in [-0.05, 0) is 37.8 Å². The lowest BCUT2D eigenvalue weighted by Gasteiger charge is -2.11. The smallest absolute Gasteiger partial charge is 0.0915 e. The van der Waals surface area contributed by atoms with E-state index in [4.69, 9.17) is 0 Å². The number of quaternary nitrogens is 1. The molecule has 0 bridgehead atoms. The van der Waals surface area contributed by atoms with Crippen LogP contribution >= 0.6 is 0 Å². The van der Waals surface area contributed by atoms with Crippen molar-refractivity contribution in [3.8, 4) is 0 Å². The summed E-state index contributed by atoms with van der Waals surface area (Å²) in [6.45, 7) is 1.30. The third-order valence-corrected chi connectivity index (χ3v) is 2.98. The fraction of sp³-hybridized carbons (Fsp3) is 0.583. The molecule has 14 heavy (non-hydrogen) atoms. The Hall–Kier alpha value is -0.890. The molecule has 1 aromatic rings. The summed E-state index contributed by atoms with van der Waals surface area (Å²) < 4.78 is 0. The van der Waals surface area contributed by atoms with Gasteiger partial charge in [-0.2, -0.15) is 0 Å². The molecule has 0 spiro atoms. The van der Waals surface area contributed by atoms with Crippen LogP contribution in [0.25, 0.3) is 0 Å². The Kier molecular flexibility index (Phi) is 3.52. The van der Waals surface area contributed by atoms with Crippen LogP contribution in [0.1, 0.15) is 31.4 Å². The number of hydrogen-bond donors (Lipinski definition) is 1. The van der Waals surface area contributed by atoms with Crippen LogP contribution in [0.15, 0.2) is 24.4 Å². The molecule has 0 amide bonds. The Labute approximate surface area is 85.7 Å². The van der Waals surface area contributed by atoms with Crippen molar-refractivity contribution in [3.63, 3.8) is 0 Å². The molecule has 1 fully saturated rings. The maximum absolute atomic E-state index is 4.38. The van der Waals surface area contributed by atoms with Crippen molar-refractivity contribution < 1.29 is 5.32 Å². The zero-order valence-corrected chi connectivity index (χ0v) is 8.65. The average molecular weight is 191 g/mol. The molecule has 1 atom stereocenters. The minimum Gasteiger partial charge on any atom is -0.343 e. The lowest BCUT2D eigenvalue weighted by atomic mass is 10.1. The first-order valence-electron chi connectivity index (χ1n) is 5.68. The minimum atomic E-state index is 0.771. The highest BCUT2D eigenvalue weighted by Gasteiger charge is 2.15. The SMILES string of the molecule is c1ccc(C[C@H]2CCCCC[NH2+]2)nc1. The van der Waals surface area contributed by atoms with Crippen LogP contribution in [-0.4, -0.2) is 17.6 Å². The molecular weight excluding hydrogens is 172 g/mol. The summed E-state index contributed by atoms with van der Waals surface area (Å²) in [5.41, 5.74) is 1.25. The summed E-state index contributed by atoms with van der Waals surface area (Å²) in [5.74, 6) is 0. The zero-order chi connectivity index (χ0) is 9.64. The van der Waals surface area contributed by atoms with E-state index in [1.54, 1.807) is 0 Å². The molecule has 2 heterocycles. The first-order valence-corrected chi connectivity index (χ1v) is 5.68. The monoisotopic (exact) mass is 191 g/mol. The molecular formula is C12H19N2+. The van der Waals surface area contributed by atoms with E-state index < -0.39 is 0 Å². The van der Waals surface area contributed by atoms with Gasteiger partial charge in [0.05, 0.1) is 12.6 Å². The summed E-state index contributed by atoms with van der Waals surface area (Å²) in [6, 6.07) is 6.98. The molecule has 1 aromatic heterocycles. The maximum Gasteiger partial charge on any atom is 0.0915 e. The van der Waals surface area contributed by atoms with Crippen LogP contribution in [0.5, 0.6) is 0 Å². The van der Waals surface area contributed by atoms with Gasteiger partial charge in [-0.1, -0.05) is 6.07 Å². The topological polar surface area (TPSA) is 29.5 Å². The molecule has 0 radical (unpaired) electrons. The van der Waals surface area contributed by atoms with Crippen molar-refractivity contribution in [2.24, 2.45) is 0 Å². The van der Waals surface area contributed by atoms with E-state index in [-0.39, 0.29) is 0 Å². The quantitative estimate of drug-likeness (QED) is 0.746. The normalized spacial score (nSPS) is 23.0. The standard InChI is InChI=1S/C12H18N2/c1-2-6-11(13-8-4-1)10-12-7-3-5-9-14-12/h3,5,7,9,11,13H,1-2,4,6,8,10H2/p+1/t11-/m1/s1. The molecule has 1 aliphatic heterocycles. The van der Waals surface area contributed by atoms with E-state index in [0.717, 1.165) is 12.5 Å². The molecule has 2 nitrogen and oxygen atoms in total. The fourth-order valence-electron chi connectivity index (χ4n) is 2.17. The third kappa shape index (κ3) is 2.81. The number of pyridine rings is 1. The predicted octanol–water partition coefficient (Wildman–Crippen LogP) is 1.13. The van der Waals surface area contributed by atoms with Crippen LogP contribution in [0.3, 0.4) is 0 Å². The van der Waals surface area contributed by atoms with Crippen molar-refractivity contribution >= 4 is 0 Å². The second-order valence-electron chi connectivity index (χ2n) is 4.16. The second-order valence-corrected chi connectivity index (χ2v) is 4.16. The summed E-state index contributed by atoms with van der Waals surface area (Å²) >= 11 is 0. The van der Waals surface area contributed by atoms with Gasteiger partial charge in [-0.15, -0.1) is 0 Å². The van der Waals surface area contributed by atoms with Crippen LogP contribution in [0.2, 0.25) is 0 Å². The van der Waals surface area contributed by atoms with Crippen molar-refractivity contribution in [2.75, 3.05) is 6.54 Å². The molecule has 76 valence electrons. The Morgan fingerprint density at radius 2 is 2.29 bits per heavy atom. The molecule has 1 aliphatic rings. The van der Waals surface area contributed by atoms with Crippen LogP contribution in [0.4, 0.5) is 0 Å². The van der Waals surface area contributed by atoms with Crippen LogP contribution in [-0.2, 0) is 6.42 Å². The van der Waals surface area contributed by atoms with E-state index in [0.29, 0.717) is 0 Å². The molecule has 0 saturated carbocycles. The van der Waals surface area contributed by atoms with Gasteiger partial charge < -0.3 is 5.32 Å². The average Bonchev–Trinajstić information content (AvgIpc) is 2.48. The van der Waals surface area contributed by atoms with Gasteiger partial charge in [0, 0.05) is 18.3 Å². The molecule has 0 aliphatic carbocycles. The summed E-state index contributed by atoms with van der Waals surface area (Å²) in [4.78, 5) is 4.38. The third-order valence-electron chi connectivity index (χ3n) is 2.98. The Morgan fingerprint density at radius 3 is 3.14 bits per heavy atom. The van der Waals surface area contributed by atoms with E-state index in [9.17, 15) is 0 Å². The highest BCUT2D eigenvalue weighted by Crippen LogP contribution is 2.07. The molecule has 2 heteroatoms. The van der Waals surface area contributed by atoms with Crippen molar-refractivity contribution in [1.29, 1.82) is 0 Å². The maximum atomic E-state index is 4.38. The Bertz CT molecular complexity index is 250. The van der Waals surface area contributed by atoms with Gasteiger partial charge in [0.15, 0.2) is 0 Å². The first-order chi connectivity index (χ1) is 6.95. The molecule has 2 rings (SSSR count). The first kappa shape index (κ1) is 9.66. The van der Waals surface area contributed by atoms with Gasteiger partial charge in [0.2, 0.25) is 0 Å². The molecule has 0 unspecified atom stereocenters. The molecule has 0 aromatic carbocycles. The van der Waals surface area contributed by atoms with Crippen molar-refractivity contribution in [1.82, 2.24) is 4.98 Å². The van der Waals surface area contributed by atoms with E-state index in [2.05, 4.69) is 22.4 Å². The number of nitrogens with zero attached hydrogens (tertiary/aromatic N) is 1. The second kappa shape index (κ2) is 5.11. The lowest BCUT2D eigenvalue weighted by Crippen LogP contribution is -2.90. The van der Waals surface area contributed by atoms with Crippen molar-refractivity contribution in [2.45, 2.75) is 38.1 Å². The van der Waals surface area contributed by atoms with Gasteiger partial charge in [-0.3, -0.25) is 4.98 Å². The Morgan fingerprint density at radius 1 is 1.29 bits per heavy atom. The van der Waals surface area contributed by atoms with Gasteiger partial charge in [-0.25, -0.2) is 0 Å². The number of hydrogen-bond acceptors (Lipinski definition) is 1. The summed E-state index contributed by atoms with van der Waals surface area (Å²) in [7, 11) is 0. The number of rotatable bonds is 2. The number of aromatic nitrogens is 1. The number of nitrogens with two attached hydrogens (primary N) is 1. The van der Waals surface area contributed by atoms with Crippen LogP contribution in [0, 0.1) is 0 Å². The Balaban J connectivity index is 1.90. The van der Waals surface area contributed by atoms with E-state index in [1.807, 2.05) is 12.3 Å².